The summed E-state index contributed by atoms with van der Waals surface area (Å²) in [5.41, 5.74) is 4.85. The number of rotatable bonds is 4. The Morgan fingerprint density at radius 1 is 1.00 bits per heavy atom. The quantitative estimate of drug-likeness (QED) is 0.213. The molecule has 0 aliphatic carbocycles. The number of nitrogens with one attached hydrogen (secondary N) is 1. The number of carbonyl (C=O) groups excluding carboxylic acids is 1. The zero-order valence-electron chi connectivity index (χ0n) is 19.3. The summed E-state index contributed by atoms with van der Waals surface area (Å²) in [6.45, 7) is 6.20. The maximum absolute atomic E-state index is 12.7. The fourth-order valence-corrected chi connectivity index (χ4v) is 3.85. The Kier molecular flexibility index (Phi) is 9.17. The standard InChI is InChI=1S/C23H16Cl2N2OS.C5H10/c24-20-8-6-16(27-23(28)18-7-5-14(13-29)11-21(18)25)12-19(20)22-17-4-2-1-3-15(17)9-10-26-22;1-4-5(2)3/h1-12,29H,13H2,(H,27,28);4H,1-3H3. The number of fused-ring (bicyclic) bond motifs is 1. The van der Waals surface area contributed by atoms with Crippen LogP contribution in [0.5, 0.6) is 0 Å². The van der Waals surface area contributed by atoms with Crippen molar-refractivity contribution in [2.75, 3.05) is 5.32 Å². The average molecular weight is 510 g/mol. The number of pyridine rings is 1. The summed E-state index contributed by atoms with van der Waals surface area (Å²) in [5.74, 6) is 0.264. The predicted molar refractivity (Wildman–Crippen MR) is 149 cm³/mol. The molecule has 0 spiro atoms. The van der Waals surface area contributed by atoms with Gasteiger partial charge < -0.3 is 5.32 Å². The first-order valence-corrected chi connectivity index (χ1v) is 12.2. The lowest BCUT2D eigenvalue weighted by atomic mass is 10.0. The highest BCUT2D eigenvalue weighted by Gasteiger charge is 2.14. The highest BCUT2D eigenvalue weighted by Crippen LogP contribution is 2.34. The van der Waals surface area contributed by atoms with Gasteiger partial charge in [-0.15, -0.1) is 0 Å². The molecule has 174 valence electrons. The highest BCUT2D eigenvalue weighted by molar-refractivity contribution is 7.79. The van der Waals surface area contributed by atoms with Gasteiger partial charge in [-0.05, 0) is 68.1 Å². The maximum atomic E-state index is 12.7. The van der Waals surface area contributed by atoms with Crippen LogP contribution in [-0.2, 0) is 5.75 Å². The van der Waals surface area contributed by atoms with Gasteiger partial charge in [0.1, 0.15) is 0 Å². The van der Waals surface area contributed by atoms with E-state index in [0.717, 1.165) is 27.6 Å². The van der Waals surface area contributed by atoms with Crippen molar-refractivity contribution in [3.8, 4) is 11.3 Å². The van der Waals surface area contributed by atoms with Crippen LogP contribution in [0.2, 0.25) is 10.0 Å². The molecule has 1 N–H and O–H groups in total. The minimum absolute atomic E-state index is 0.292. The molecular weight excluding hydrogens is 483 g/mol. The predicted octanol–water partition coefficient (Wildman–Crippen LogP) is 8.86. The summed E-state index contributed by atoms with van der Waals surface area (Å²) in [5, 5.41) is 5.90. The first-order valence-electron chi connectivity index (χ1n) is 10.8. The van der Waals surface area contributed by atoms with E-state index in [2.05, 4.69) is 42.9 Å². The number of allylic oxidation sites excluding steroid dienone is 2. The number of halogens is 2. The number of anilines is 1. The van der Waals surface area contributed by atoms with E-state index in [9.17, 15) is 4.79 Å². The van der Waals surface area contributed by atoms with Crippen molar-refractivity contribution >= 4 is 58.2 Å². The van der Waals surface area contributed by atoms with Gasteiger partial charge in [0.2, 0.25) is 0 Å². The van der Waals surface area contributed by atoms with Crippen molar-refractivity contribution < 1.29 is 4.79 Å². The number of carbonyl (C=O) groups is 1. The zero-order valence-corrected chi connectivity index (χ0v) is 21.7. The Morgan fingerprint density at radius 2 is 1.74 bits per heavy atom. The number of hydrogen-bond donors (Lipinski definition) is 2. The SMILES string of the molecule is CC=C(C)C.O=C(Nc1ccc(Cl)c(-c2nccc3ccccc23)c1)c1ccc(CS)cc1Cl. The summed E-state index contributed by atoms with van der Waals surface area (Å²) in [4.78, 5) is 17.2. The van der Waals surface area contributed by atoms with Crippen LogP contribution < -0.4 is 5.32 Å². The monoisotopic (exact) mass is 508 g/mol. The molecule has 0 aliphatic heterocycles. The van der Waals surface area contributed by atoms with Gasteiger partial charge in [0.15, 0.2) is 0 Å². The van der Waals surface area contributed by atoms with Crippen LogP contribution in [0.4, 0.5) is 5.69 Å². The van der Waals surface area contributed by atoms with Crippen LogP contribution in [0, 0.1) is 0 Å². The minimum Gasteiger partial charge on any atom is -0.322 e. The second-order valence-corrected chi connectivity index (χ2v) is 9.00. The molecule has 0 fully saturated rings. The molecule has 0 saturated heterocycles. The van der Waals surface area contributed by atoms with Gasteiger partial charge in [0.25, 0.3) is 5.91 Å². The molecule has 1 aromatic heterocycles. The molecule has 0 radical (unpaired) electrons. The van der Waals surface area contributed by atoms with Gasteiger partial charge in [0, 0.05) is 28.6 Å². The zero-order chi connectivity index (χ0) is 24.7. The molecule has 1 amide bonds. The molecule has 4 aromatic rings. The van der Waals surface area contributed by atoms with Crippen LogP contribution in [0.15, 0.2) is 84.6 Å². The largest absolute Gasteiger partial charge is 0.322 e. The third-order valence-electron chi connectivity index (χ3n) is 5.19. The third kappa shape index (κ3) is 6.41. The van der Waals surface area contributed by atoms with Crippen molar-refractivity contribution in [2.24, 2.45) is 0 Å². The highest BCUT2D eigenvalue weighted by atomic mass is 35.5. The van der Waals surface area contributed by atoms with Crippen molar-refractivity contribution in [3.63, 3.8) is 0 Å². The van der Waals surface area contributed by atoms with Crippen LogP contribution in [0.3, 0.4) is 0 Å². The fourth-order valence-electron chi connectivity index (χ4n) is 3.16. The number of nitrogens with zero attached hydrogens (tertiary/aromatic N) is 1. The summed E-state index contributed by atoms with van der Waals surface area (Å²) in [7, 11) is 0. The number of amides is 1. The topological polar surface area (TPSA) is 42.0 Å². The van der Waals surface area contributed by atoms with Crippen LogP contribution >= 0.6 is 35.8 Å². The molecule has 0 aliphatic rings. The molecule has 3 nitrogen and oxygen atoms in total. The van der Waals surface area contributed by atoms with E-state index in [1.54, 1.807) is 30.5 Å². The van der Waals surface area contributed by atoms with E-state index in [1.807, 2.05) is 49.4 Å². The van der Waals surface area contributed by atoms with Crippen molar-refractivity contribution in [1.82, 2.24) is 4.98 Å². The molecule has 0 bridgehead atoms. The van der Waals surface area contributed by atoms with Gasteiger partial charge >= 0.3 is 0 Å². The van der Waals surface area contributed by atoms with Gasteiger partial charge in [-0.2, -0.15) is 12.6 Å². The Bertz CT molecular complexity index is 1340. The van der Waals surface area contributed by atoms with Crippen molar-refractivity contribution in [1.29, 1.82) is 0 Å². The lowest BCUT2D eigenvalue weighted by molar-refractivity contribution is 0.102. The van der Waals surface area contributed by atoms with Crippen molar-refractivity contribution in [3.05, 3.63) is 106 Å². The number of thiol groups is 1. The van der Waals surface area contributed by atoms with Gasteiger partial charge in [-0.3, -0.25) is 9.78 Å². The first kappa shape index (κ1) is 25.8. The molecule has 1 heterocycles. The normalized spacial score (nSPS) is 10.3. The second-order valence-electron chi connectivity index (χ2n) is 7.87. The van der Waals surface area contributed by atoms with Gasteiger partial charge in [-0.1, -0.05) is 65.2 Å². The Morgan fingerprint density at radius 3 is 2.41 bits per heavy atom. The fraction of sp³-hybridized carbons (Fsp3) is 0.143. The Balaban J connectivity index is 0.000000588. The molecule has 3 aromatic carbocycles. The molecule has 0 unspecified atom stereocenters. The molecule has 4 rings (SSSR count). The van der Waals surface area contributed by atoms with Gasteiger partial charge in [-0.25, -0.2) is 0 Å². The number of hydrogen-bond acceptors (Lipinski definition) is 3. The van der Waals surface area contributed by atoms with E-state index < -0.39 is 0 Å². The first-order chi connectivity index (χ1) is 16.3. The lowest BCUT2D eigenvalue weighted by Gasteiger charge is -2.12. The van der Waals surface area contributed by atoms with Crippen LogP contribution in [-0.4, -0.2) is 10.9 Å². The van der Waals surface area contributed by atoms with E-state index >= 15 is 0 Å². The van der Waals surface area contributed by atoms with Crippen LogP contribution in [0.1, 0.15) is 36.7 Å². The van der Waals surface area contributed by atoms with Gasteiger partial charge in [0.05, 0.1) is 21.3 Å². The van der Waals surface area contributed by atoms with Crippen LogP contribution in [0.25, 0.3) is 22.0 Å². The number of aromatic nitrogens is 1. The Hall–Kier alpha value is -2.79. The molecule has 0 saturated carbocycles. The van der Waals surface area contributed by atoms with E-state index in [0.29, 0.717) is 27.0 Å². The maximum Gasteiger partial charge on any atom is 0.257 e. The summed E-state index contributed by atoms with van der Waals surface area (Å²) >= 11 is 17.0. The smallest absolute Gasteiger partial charge is 0.257 e. The summed E-state index contributed by atoms with van der Waals surface area (Å²) in [6.07, 6.45) is 3.84. The second kappa shape index (κ2) is 12.1. The van der Waals surface area contributed by atoms with E-state index in [-0.39, 0.29) is 5.91 Å². The molecule has 34 heavy (non-hydrogen) atoms. The summed E-state index contributed by atoms with van der Waals surface area (Å²) in [6, 6.07) is 20.5. The minimum atomic E-state index is -0.292. The molecule has 0 atom stereocenters. The van der Waals surface area contributed by atoms with E-state index in [4.69, 9.17) is 23.2 Å². The molecular formula is C28H26Cl2N2OS. The lowest BCUT2D eigenvalue weighted by Crippen LogP contribution is -2.12. The Labute approximate surface area is 216 Å². The van der Waals surface area contributed by atoms with Crippen molar-refractivity contribution in [2.45, 2.75) is 26.5 Å². The van der Waals surface area contributed by atoms with E-state index in [1.165, 1.54) is 5.57 Å². The average Bonchev–Trinajstić information content (AvgIpc) is 2.85. The number of benzene rings is 3. The summed E-state index contributed by atoms with van der Waals surface area (Å²) < 4.78 is 0. The molecule has 6 heteroatoms. The third-order valence-corrected chi connectivity index (χ3v) is 6.20.